The van der Waals surface area contributed by atoms with E-state index in [0.717, 1.165) is 17.7 Å². The molecule has 0 radical (unpaired) electrons. The highest BCUT2D eigenvalue weighted by Crippen LogP contribution is 2.31. The van der Waals surface area contributed by atoms with E-state index in [9.17, 15) is 22.8 Å². The van der Waals surface area contributed by atoms with Crippen molar-refractivity contribution in [2.45, 2.75) is 19.3 Å². The summed E-state index contributed by atoms with van der Waals surface area (Å²) in [6.07, 6.45) is -4.53. The Balaban J connectivity index is 1.25. The van der Waals surface area contributed by atoms with Crippen molar-refractivity contribution in [1.29, 1.82) is 0 Å². The molecule has 0 unspecified atom stereocenters. The molecule has 0 bridgehead atoms. The predicted molar refractivity (Wildman–Crippen MR) is 137 cm³/mol. The van der Waals surface area contributed by atoms with Crippen LogP contribution in [0, 0.1) is 0 Å². The fourth-order valence-corrected chi connectivity index (χ4v) is 4.32. The number of alkyl halides is 3. The molecule has 4 aromatic rings. The third-order valence-electron chi connectivity index (χ3n) is 6.09. The third-order valence-corrected chi connectivity index (χ3v) is 6.34. The summed E-state index contributed by atoms with van der Waals surface area (Å²) in [6.45, 7) is 0.604. The second kappa shape index (κ2) is 10.8. The number of para-hydroxylation sites is 1. The summed E-state index contributed by atoms with van der Waals surface area (Å²) < 4.78 is 46.4. The van der Waals surface area contributed by atoms with Gasteiger partial charge in [0.1, 0.15) is 5.75 Å². The van der Waals surface area contributed by atoms with Crippen molar-refractivity contribution in [3.05, 3.63) is 94.8 Å². The van der Waals surface area contributed by atoms with Crippen molar-refractivity contribution in [3.8, 4) is 17.1 Å². The zero-order chi connectivity index (χ0) is 27.6. The molecular formula is C27H21ClF3N5O3. The van der Waals surface area contributed by atoms with E-state index in [4.69, 9.17) is 16.3 Å². The number of fused-ring (bicyclic) bond motifs is 1. The summed E-state index contributed by atoms with van der Waals surface area (Å²) in [4.78, 5) is 27.4. The summed E-state index contributed by atoms with van der Waals surface area (Å²) in [5.74, 6) is 0.502. The molecular weight excluding hydrogens is 535 g/mol. The smallest absolute Gasteiger partial charge is 0.416 e. The first-order valence-corrected chi connectivity index (χ1v) is 12.2. The minimum atomic E-state index is -4.53. The standard InChI is InChI=1S/C27H21ClF3N5O3/c28-19-10-8-17(9-11-19)25-34-33-23-15-35(12-13-36(23)25)26(38)21-6-1-2-7-22(21)39-16-24(37)32-20-5-3-4-18(14-20)27(29,30)31/h1-11,14H,12-13,15-16H2,(H,32,37). The molecule has 200 valence electrons. The maximum absolute atomic E-state index is 13.4. The number of hydrogen-bond donors (Lipinski definition) is 1. The number of benzene rings is 3. The van der Waals surface area contributed by atoms with Gasteiger partial charge in [0.2, 0.25) is 0 Å². The lowest BCUT2D eigenvalue weighted by molar-refractivity contribution is -0.137. The molecule has 2 amide bonds. The molecule has 8 nitrogen and oxygen atoms in total. The number of amides is 2. The van der Waals surface area contributed by atoms with Gasteiger partial charge >= 0.3 is 6.18 Å². The van der Waals surface area contributed by atoms with Crippen LogP contribution in [0.4, 0.5) is 18.9 Å². The van der Waals surface area contributed by atoms with E-state index in [2.05, 4.69) is 15.5 Å². The average Bonchev–Trinajstić information content (AvgIpc) is 3.35. The van der Waals surface area contributed by atoms with Crippen LogP contribution in [0.2, 0.25) is 5.02 Å². The molecule has 3 aromatic carbocycles. The number of hydrogen-bond acceptors (Lipinski definition) is 5. The summed E-state index contributed by atoms with van der Waals surface area (Å²) in [6, 6.07) is 18.0. The molecule has 1 aliphatic heterocycles. The predicted octanol–water partition coefficient (Wildman–Crippen LogP) is 5.29. The average molecular weight is 556 g/mol. The zero-order valence-electron chi connectivity index (χ0n) is 20.3. The summed E-state index contributed by atoms with van der Waals surface area (Å²) in [5, 5.41) is 11.5. The Morgan fingerprint density at radius 2 is 1.74 bits per heavy atom. The number of rotatable bonds is 6. The van der Waals surface area contributed by atoms with Crippen LogP contribution >= 0.6 is 11.6 Å². The maximum atomic E-state index is 13.4. The third kappa shape index (κ3) is 5.88. The quantitative estimate of drug-likeness (QED) is 0.349. The highest BCUT2D eigenvalue weighted by Gasteiger charge is 2.31. The Morgan fingerprint density at radius 3 is 2.51 bits per heavy atom. The van der Waals surface area contributed by atoms with E-state index >= 15 is 0 Å². The van der Waals surface area contributed by atoms with Gasteiger partial charge in [-0.25, -0.2) is 0 Å². The Morgan fingerprint density at radius 1 is 0.974 bits per heavy atom. The molecule has 39 heavy (non-hydrogen) atoms. The van der Waals surface area contributed by atoms with E-state index in [1.807, 2.05) is 16.7 Å². The van der Waals surface area contributed by atoms with Gasteiger partial charge in [-0.05, 0) is 54.6 Å². The van der Waals surface area contributed by atoms with E-state index in [0.29, 0.717) is 29.8 Å². The van der Waals surface area contributed by atoms with Gasteiger partial charge in [-0.1, -0.05) is 29.8 Å². The van der Waals surface area contributed by atoms with E-state index in [1.54, 1.807) is 41.3 Å². The summed E-state index contributed by atoms with van der Waals surface area (Å²) in [7, 11) is 0. The van der Waals surface area contributed by atoms with E-state index in [1.165, 1.54) is 12.1 Å². The second-order valence-electron chi connectivity index (χ2n) is 8.74. The van der Waals surface area contributed by atoms with Crippen LogP contribution < -0.4 is 10.1 Å². The minimum Gasteiger partial charge on any atom is -0.483 e. The first-order chi connectivity index (χ1) is 18.7. The second-order valence-corrected chi connectivity index (χ2v) is 9.17. The molecule has 0 saturated heterocycles. The first-order valence-electron chi connectivity index (χ1n) is 11.9. The van der Waals surface area contributed by atoms with E-state index < -0.39 is 24.3 Å². The number of carbonyl (C=O) groups is 2. The van der Waals surface area contributed by atoms with E-state index in [-0.39, 0.29) is 29.5 Å². The van der Waals surface area contributed by atoms with Crippen molar-refractivity contribution in [1.82, 2.24) is 19.7 Å². The Bertz CT molecular complexity index is 1520. The first kappa shape index (κ1) is 26.2. The molecule has 0 spiro atoms. The van der Waals surface area contributed by atoms with Crippen LogP contribution in [0.5, 0.6) is 5.75 Å². The number of carbonyl (C=O) groups excluding carboxylic acids is 2. The summed E-state index contributed by atoms with van der Waals surface area (Å²) in [5.41, 5.74) is 0.211. The highest BCUT2D eigenvalue weighted by molar-refractivity contribution is 6.30. The lowest BCUT2D eigenvalue weighted by atomic mass is 10.1. The number of nitrogens with one attached hydrogen (secondary N) is 1. The maximum Gasteiger partial charge on any atom is 0.416 e. The van der Waals surface area contributed by atoms with Crippen LogP contribution in [-0.2, 0) is 24.1 Å². The largest absolute Gasteiger partial charge is 0.483 e. The van der Waals surface area contributed by atoms with Gasteiger partial charge in [0, 0.05) is 29.4 Å². The van der Waals surface area contributed by atoms with Gasteiger partial charge in [0.15, 0.2) is 18.3 Å². The minimum absolute atomic E-state index is 0.0156. The molecule has 1 N–H and O–H groups in total. The van der Waals surface area contributed by atoms with Crippen LogP contribution in [0.25, 0.3) is 11.4 Å². The molecule has 1 aromatic heterocycles. The fraction of sp³-hybridized carbons (Fsp3) is 0.185. The SMILES string of the molecule is O=C(COc1ccccc1C(=O)N1CCn2c(nnc2-c2ccc(Cl)cc2)C1)Nc1cccc(C(F)(F)F)c1. The molecule has 0 aliphatic carbocycles. The van der Waals surface area contributed by atoms with Gasteiger partial charge in [0.05, 0.1) is 17.7 Å². The molecule has 0 fully saturated rings. The Kier molecular flexibility index (Phi) is 7.25. The normalized spacial score (nSPS) is 13.1. The molecule has 2 heterocycles. The lowest BCUT2D eigenvalue weighted by Gasteiger charge is -2.28. The number of aromatic nitrogens is 3. The molecule has 0 atom stereocenters. The van der Waals surface area contributed by atoms with Crippen LogP contribution in [0.1, 0.15) is 21.7 Å². The van der Waals surface area contributed by atoms with Crippen molar-refractivity contribution >= 4 is 29.1 Å². The van der Waals surface area contributed by atoms with Gasteiger partial charge in [-0.2, -0.15) is 13.2 Å². The molecule has 12 heteroatoms. The topological polar surface area (TPSA) is 89.4 Å². The fourth-order valence-electron chi connectivity index (χ4n) is 4.20. The van der Waals surface area contributed by atoms with Crippen molar-refractivity contribution in [2.24, 2.45) is 0 Å². The van der Waals surface area contributed by atoms with Gasteiger partial charge < -0.3 is 19.5 Å². The van der Waals surface area contributed by atoms with Crippen molar-refractivity contribution in [2.75, 3.05) is 18.5 Å². The molecule has 5 rings (SSSR count). The van der Waals surface area contributed by atoms with Gasteiger partial charge in [-0.15, -0.1) is 10.2 Å². The summed E-state index contributed by atoms with van der Waals surface area (Å²) >= 11 is 5.98. The lowest BCUT2D eigenvalue weighted by Crippen LogP contribution is -2.38. The Labute approximate surface area is 226 Å². The number of ether oxygens (including phenoxy) is 1. The highest BCUT2D eigenvalue weighted by atomic mass is 35.5. The van der Waals surface area contributed by atoms with Crippen molar-refractivity contribution < 1.29 is 27.5 Å². The Hall–Kier alpha value is -4.38. The van der Waals surface area contributed by atoms with Crippen LogP contribution in [0.3, 0.4) is 0 Å². The number of anilines is 1. The van der Waals surface area contributed by atoms with Gasteiger partial charge in [0.25, 0.3) is 11.8 Å². The van der Waals surface area contributed by atoms with Gasteiger partial charge in [-0.3, -0.25) is 9.59 Å². The van der Waals surface area contributed by atoms with Crippen molar-refractivity contribution in [3.63, 3.8) is 0 Å². The monoisotopic (exact) mass is 555 g/mol. The number of nitrogens with zero attached hydrogens (tertiary/aromatic N) is 4. The molecule has 0 saturated carbocycles. The number of halogens is 4. The molecule has 1 aliphatic rings. The zero-order valence-corrected chi connectivity index (χ0v) is 21.0. The van der Waals surface area contributed by atoms with Crippen LogP contribution in [0.15, 0.2) is 72.8 Å². The van der Waals surface area contributed by atoms with Crippen LogP contribution in [-0.4, -0.2) is 44.6 Å².